The van der Waals surface area contributed by atoms with E-state index in [0.29, 0.717) is 6.79 Å². The zero-order valence-electron chi connectivity index (χ0n) is 5.80. The van der Waals surface area contributed by atoms with Gasteiger partial charge in [0.1, 0.15) is 6.79 Å². The Kier molecular flexibility index (Phi) is 8.52. The number of hydrogen-bond acceptors (Lipinski definition) is 3. The summed E-state index contributed by atoms with van der Waals surface area (Å²) in [6, 6.07) is 0. The van der Waals surface area contributed by atoms with E-state index in [9.17, 15) is 0 Å². The van der Waals surface area contributed by atoms with Crippen LogP contribution < -0.4 is 0 Å². The van der Waals surface area contributed by atoms with E-state index in [-0.39, 0.29) is 0 Å². The van der Waals surface area contributed by atoms with Crippen LogP contribution in [-0.2, 0) is 9.47 Å². The van der Waals surface area contributed by atoms with Gasteiger partial charge in [0, 0.05) is 13.7 Å². The van der Waals surface area contributed by atoms with Crippen molar-refractivity contribution in [2.45, 2.75) is 12.8 Å². The minimum atomic E-state index is 0.409. The van der Waals surface area contributed by atoms with Crippen LogP contribution in [0.1, 0.15) is 12.8 Å². The molecule has 0 aromatic heterocycles. The van der Waals surface area contributed by atoms with Gasteiger partial charge in [0.15, 0.2) is 0 Å². The first-order chi connectivity index (χ1) is 4.41. The first-order valence-electron chi connectivity index (χ1n) is 3.09. The summed E-state index contributed by atoms with van der Waals surface area (Å²) in [5.74, 6) is 0.941. The van der Waals surface area contributed by atoms with E-state index in [2.05, 4.69) is 17.4 Å². The van der Waals surface area contributed by atoms with Gasteiger partial charge >= 0.3 is 0 Å². The van der Waals surface area contributed by atoms with Crippen molar-refractivity contribution in [2.24, 2.45) is 0 Å². The van der Waals surface area contributed by atoms with Crippen LogP contribution >= 0.6 is 12.6 Å². The van der Waals surface area contributed by atoms with Crippen molar-refractivity contribution in [3.05, 3.63) is 0 Å². The van der Waals surface area contributed by atoms with Crippen molar-refractivity contribution in [3.8, 4) is 0 Å². The molecule has 0 fully saturated rings. The predicted molar refractivity (Wildman–Crippen MR) is 40.9 cm³/mol. The Morgan fingerprint density at radius 3 is 2.67 bits per heavy atom. The number of thiol groups is 1. The average Bonchev–Trinajstić information content (AvgIpc) is 1.89. The molecule has 0 aromatic carbocycles. The van der Waals surface area contributed by atoms with Crippen LogP contribution in [0, 0.1) is 0 Å². The van der Waals surface area contributed by atoms with Crippen LogP contribution in [0.2, 0.25) is 0 Å². The molecule has 2 nitrogen and oxygen atoms in total. The number of rotatable bonds is 6. The summed E-state index contributed by atoms with van der Waals surface area (Å²) in [4.78, 5) is 0. The van der Waals surface area contributed by atoms with Crippen molar-refractivity contribution >= 4 is 12.6 Å². The van der Waals surface area contributed by atoms with Crippen LogP contribution in [0.15, 0.2) is 0 Å². The van der Waals surface area contributed by atoms with Crippen molar-refractivity contribution in [1.82, 2.24) is 0 Å². The van der Waals surface area contributed by atoms with E-state index in [0.717, 1.165) is 25.2 Å². The molecule has 0 amide bonds. The third-order valence-electron chi connectivity index (χ3n) is 0.898. The third kappa shape index (κ3) is 8.27. The summed E-state index contributed by atoms with van der Waals surface area (Å²) in [7, 11) is 1.62. The molecular weight excluding hydrogens is 136 g/mol. The summed E-state index contributed by atoms with van der Waals surface area (Å²) in [5.41, 5.74) is 0. The number of ether oxygens (including phenoxy) is 2. The molecule has 0 aliphatic heterocycles. The second-order valence-electron chi connectivity index (χ2n) is 1.75. The molecule has 0 atom stereocenters. The van der Waals surface area contributed by atoms with E-state index in [1.165, 1.54) is 0 Å². The van der Waals surface area contributed by atoms with E-state index in [4.69, 9.17) is 4.74 Å². The first kappa shape index (κ1) is 9.27. The van der Waals surface area contributed by atoms with Gasteiger partial charge < -0.3 is 9.47 Å². The fraction of sp³-hybridized carbons (Fsp3) is 1.00. The lowest BCUT2D eigenvalue weighted by Crippen LogP contribution is -1.98. The van der Waals surface area contributed by atoms with Crippen molar-refractivity contribution < 1.29 is 9.47 Å². The van der Waals surface area contributed by atoms with Gasteiger partial charge in [-0.25, -0.2) is 0 Å². The summed E-state index contributed by atoms with van der Waals surface area (Å²) < 4.78 is 9.71. The Morgan fingerprint density at radius 2 is 2.11 bits per heavy atom. The van der Waals surface area contributed by atoms with Gasteiger partial charge in [0.2, 0.25) is 0 Å². The molecule has 56 valence electrons. The fourth-order valence-electron chi connectivity index (χ4n) is 0.458. The van der Waals surface area contributed by atoms with E-state index in [1.54, 1.807) is 7.11 Å². The summed E-state index contributed by atoms with van der Waals surface area (Å²) in [6.45, 7) is 1.20. The lowest BCUT2D eigenvalue weighted by molar-refractivity contribution is -0.0311. The molecule has 0 N–H and O–H groups in total. The Bertz CT molecular complexity index is 44.3. The maximum atomic E-state index is 5.03. The Hall–Kier alpha value is 0.270. The standard InChI is InChI=1S/C6H14O2S/c1-7-6-8-4-2-3-5-9/h9H,2-6H2,1H3. The van der Waals surface area contributed by atoms with Gasteiger partial charge in [-0.2, -0.15) is 12.6 Å². The summed E-state index contributed by atoms with van der Waals surface area (Å²) in [5, 5.41) is 0. The van der Waals surface area contributed by atoms with Gasteiger partial charge in [-0.1, -0.05) is 0 Å². The fourth-order valence-corrected chi connectivity index (χ4v) is 0.682. The molecule has 0 aromatic rings. The van der Waals surface area contributed by atoms with Gasteiger partial charge in [0.25, 0.3) is 0 Å². The average molecular weight is 150 g/mol. The van der Waals surface area contributed by atoms with Crippen molar-refractivity contribution in [3.63, 3.8) is 0 Å². The highest BCUT2D eigenvalue weighted by Gasteiger charge is 1.84. The smallest absolute Gasteiger partial charge is 0.146 e. The molecule has 0 bridgehead atoms. The van der Waals surface area contributed by atoms with Crippen LogP contribution in [0.25, 0.3) is 0 Å². The maximum absolute atomic E-state index is 5.03. The highest BCUT2D eigenvalue weighted by atomic mass is 32.1. The lowest BCUT2D eigenvalue weighted by atomic mass is 10.4. The van der Waals surface area contributed by atoms with Gasteiger partial charge in [-0.05, 0) is 18.6 Å². The molecule has 9 heavy (non-hydrogen) atoms. The topological polar surface area (TPSA) is 18.5 Å². The molecule has 0 radical (unpaired) electrons. The molecule has 0 aliphatic carbocycles. The Labute approximate surface area is 61.9 Å². The minimum absolute atomic E-state index is 0.409. The van der Waals surface area contributed by atoms with Gasteiger partial charge in [0.05, 0.1) is 0 Å². The SMILES string of the molecule is COCOCCCCS. The lowest BCUT2D eigenvalue weighted by Gasteiger charge is -1.99. The molecule has 0 heterocycles. The monoisotopic (exact) mass is 150 g/mol. The van der Waals surface area contributed by atoms with E-state index >= 15 is 0 Å². The maximum Gasteiger partial charge on any atom is 0.146 e. The molecular formula is C6H14O2S. The predicted octanol–water partition coefficient (Wildman–Crippen LogP) is 1.32. The van der Waals surface area contributed by atoms with E-state index in [1.807, 2.05) is 0 Å². The molecule has 0 saturated carbocycles. The highest BCUT2D eigenvalue weighted by molar-refractivity contribution is 7.80. The molecule has 0 unspecified atom stereocenters. The summed E-state index contributed by atoms with van der Waals surface area (Å²) >= 11 is 4.06. The normalized spacial score (nSPS) is 10.0. The molecule has 0 aliphatic rings. The molecule has 0 rings (SSSR count). The van der Waals surface area contributed by atoms with Crippen LogP contribution in [-0.4, -0.2) is 26.3 Å². The highest BCUT2D eigenvalue weighted by Crippen LogP contribution is 1.91. The molecule has 0 spiro atoms. The molecule has 3 heteroatoms. The first-order valence-corrected chi connectivity index (χ1v) is 3.72. The van der Waals surface area contributed by atoms with Crippen LogP contribution in [0.5, 0.6) is 0 Å². The number of methoxy groups -OCH3 is 1. The van der Waals surface area contributed by atoms with Crippen molar-refractivity contribution in [2.75, 3.05) is 26.3 Å². The minimum Gasteiger partial charge on any atom is -0.359 e. The molecule has 0 saturated heterocycles. The Morgan fingerprint density at radius 1 is 1.33 bits per heavy atom. The largest absolute Gasteiger partial charge is 0.359 e. The quantitative estimate of drug-likeness (QED) is 0.350. The van der Waals surface area contributed by atoms with Crippen LogP contribution in [0.4, 0.5) is 0 Å². The summed E-state index contributed by atoms with van der Waals surface area (Å²) in [6.07, 6.45) is 2.19. The number of hydrogen-bond donors (Lipinski definition) is 1. The van der Waals surface area contributed by atoms with E-state index < -0.39 is 0 Å². The van der Waals surface area contributed by atoms with Gasteiger partial charge in [-0.3, -0.25) is 0 Å². The van der Waals surface area contributed by atoms with Crippen molar-refractivity contribution in [1.29, 1.82) is 0 Å². The second-order valence-corrected chi connectivity index (χ2v) is 2.19. The van der Waals surface area contributed by atoms with Gasteiger partial charge in [-0.15, -0.1) is 0 Å². The Balaban J connectivity index is 2.60. The third-order valence-corrected chi connectivity index (χ3v) is 1.21. The zero-order valence-corrected chi connectivity index (χ0v) is 6.69. The zero-order chi connectivity index (χ0) is 6.95. The second kappa shape index (κ2) is 8.27. The van der Waals surface area contributed by atoms with Crippen LogP contribution in [0.3, 0.4) is 0 Å². The number of unbranched alkanes of at least 4 members (excludes halogenated alkanes) is 1.